The van der Waals surface area contributed by atoms with E-state index in [9.17, 15) is 4.39 Å². The predicted octanol–water partition coefficient (Wildman–Crippen LogP) is 3.27. The van der Waals surface area contributed by atoms with Crippen LogP contribution in [0.3, 0.4) is 0 Å². The van der Waals surface area contributed by atoms with Crippen LogP contribution in [0.5, 0.6) is 0 Å². The normalized spacial score (nSPS) is 21.3. The smallest absolute Gasteiger partial charge is 0.148 e. The molecule has 1 aliphatic heterocycles. The van der Waals surface area contributed by atoms with Crippen LogP contribution in [0.2, 0.25) is 0 Å². The number of hydrogen-bond donors (Lipinski definition) is 1. The van der Waals surface area contributed by atoms with Crippen molar-refractivity contribution < 1.29 is 4.39 Å². The fraction of sp³-hybridized carbons (Fsp3) is 0.333. The Morgan fingerprint density at radius 1 is 1.39 bits per heavy atom. The molecule has 1 N–H and O–H groups in total. The Kier molecular flexibility index (Phi) is 2.71. The van der Waals surface area contributed by atoms with Crippen LogP contribution in [0.1, 0.15) is 12.5 Å². The average molecular weight is 244 g/mol. The number of aromatic amines is 1. The van der Waals surface area contributed by atoms with E-state index >= 15 is 0 Å². The second kappa shape index (κ2) is 4.25. The van der Waals surface area contributed by atoms with Crippen molar-refractivity contribution in [3.63, 3.8) is 0 Å². The van der Waals surface area contributed by atoms with Crippen LogP contribution in [0.25, 0.3) is 16.5 Å². The highest BCUT2D eigenvalue weighted by molar-refractivity contribution is 5.92. The first-order valence-corrected chi connectivity index (χ1v) is 6.30. The van der Waals surface area contributed by atoms with Gasteiger partial charge in [-0.3, -0.25) is 0 Å². The summed E-state index contributed by atoms with van der Waals surface area (Å²) in [4.78, 5) is 5.35. The van der Waals surface area contributed by atoms with Crippen LogP contribution in [0.15, 0.2) is 30.5 Å². The largest absolute Gasteiger partial charge is 0.358 e. The Morgan fingerprint density at radius 3 is 3.00 bits per heavy atom. The second-order valence-corrected chi connectivity index (χ2v) is 5.23. The van der Waals surface area contributed by atoms with Crippen LogP contribution in [0.4, 0.5) is 4.39 Å². The Morgan fingerprint density at radius 2 is 2.22 bits per heavy atom. The highest BCUT2D eigenvalue weighted by Gasteiger charge is 2.17. The zero-order chi connectivity index (χ0) is 12.7. The molecule has 1 aliphatic rings. The predicted molar refractivity (Wildman–Crippen MR) is 72.9 cm³/mol. The lowest BCUT2D eigenvalue weighted by atomic mass is 9.95. The van der Waals surface area contributed by atoms with E-state index < -0.39 is 0 Å². The summed E-state index contributed by atoms with van der Waals surface area (Å²) in [5.41, 5.74) is 3.31. The zero-order valence-electron chi connectivity index (χ0n) is 10.7. The number of nitrogens with one attached hydrogen (secondary N) is 1. The van der Waals surface area contributed by atoms with E-state index in [0.29, 0.717) is 11.3 Å². The van der Waals surface area contributed by atoms with Crippen molar-refractivity contribution in [3.05, 3.63) is 41.9 Å². The summed E-state index contributed by atoms with van der Waals surface area (Å²) in [5, 5.41) is 0.675. The molecule has 94 valence electrons. The molecule has 2 nitrogen and oxygen atoms in total. The molecule has 1 aromatic heterocycles. The molecule has 2 aromatic rings. The molecule has 3 heteroatoms. The fourth-order valence-electron chi connectivity index (χ4n) is 2.86. The summed E-state index contributed by atoms with van der Waals surface area (Å²) < 4.78 is 13.6. The number of H-pyrrole nitrogens is 1. The molecule has 0 saturated carbocycles. The van der Waals surface area contributed by atoms with Crippen LogP contribution in [-0.2, 0) is 0 Å². The number of fused-ring (bicyclic) bond motifs is 1. The Bertz CT molecular complexity index is 612. The first-order chi connectivity index (χ1) is 8.65. The van der Waals surface area contributed by atoms with E-state index in [2.05, 4.69) is 36.0 Å². The molecule has 18 heavy (non-hydrogen) atoms. The van der Waals surface area contributed by atoms with Crippen molar-refractivity contribution in [2.24, 2.45) is 5.92 Å². The topological polar surface area (TPSA) is 19.0 Å². The highest BCUT2D eigenvalue weighted by Crippen LogP contribution is 2.29. The third-order valence-corrected chi connectivity index (χ3v) is 3.54. The second-order valence-electron chi connectivity index (χ2n) is 5.23. The zero-order valence-corrected chi connectivity index (χ0v) is 10.7. The molecule has 0 amide bonds. The van der Waals surface area contributed by atoms with Gasteiger partial charge in [0.25, 0.3) is 0 Å². The minimum absolute atomic E-state index is 0.176. The summed E-state index contributed by atoms with van der Waals surface area (Å²) in [5.74, 6) is 0.360. The molecule has 0 radical (unpaired) electrons. The lowest BCUT2D eigenvalue weighted by Crippen LogP contribution is -2.29. The number of para-hydroxylation sites is 1. The number of benzene rings is 1. The quantitative estimate of drug-likeness (QED) is 0.815. The highest BCUT2D eigenvalue weighted by atomic mass is 19.1. The van der Waals surface area contributed by atoms with Gasteiger partial charge < -0.3 is 9.88 Å². The van der Waals surface area contributed by atoms with Gasteiger partial charge in [0.1, 0.15) is 5.82 Å². The van der Waals surface area contributed by atoms with E-state index in [1.165, 1.54) is 11.8 Å². The minimum Gasteiger partial charge on any atom is -0.358 e. The summed E-state index contributed by atoms with van der Waals surface area (Å²) in [6.45, 7) is 4.22. The monoisotopic (exact) mass is 244 g/mol. The number of rotatable bonds is 1. The van der Waals surface area contributed by atoms with Gasteiger partial charge in [-0.05, 0) is 24.6 Å². The van der Waals surface area contributed by atoms with Crippen LogP contribution < -0.4 is 0 Å². The third kappa shape index (κ3) is 1.85. The van der Waals surface area contributed by atoms with E-state index in [4.69, 9.17) is 0 Å². The number of halogens is 1. The summed E-state index contributed by atoms with van der Waals surface area (Å²) in [7, 11) is 2.12. The van der Waals surface area contributed by atoms with E-state index in [1.807, 2.05) is 12.1 Å². The molecule has 3 rings (SSSR count). The van der Waals surface area contributed by atoms with Gasteiger partial charge in [-0.2, -0.15) is 0 Å². The van der Waals surface area contributed by atoms with Gasteiger partial charge in [0.15, 0.2) is 0 Å². The number of aromatic nitrogens is 1. The summed E-state index contributed by atoms with van der Waals surface area (Å²) in [6.07, 6.45) is 3.73. The molecule has 0 fully saturated rings. The maximum Gasteiger partial charge on any atom is 0.148 e. The van der Waals surface area contributed by atoms with E-state index in [-0.39, 0.29) is 5.82 Å². The van der Waals surface area contributed by atoms with Crippen molar-refractivity contribution in [2.45, 2.75) is 6.92 Å². The van der Waals surface area contributed by atoms with Gasteiger partial charge in [-0.1, -0.05) is 25.1 Å². The van der Waals surface area contributed by atoms with Gasteiger partial charge >= 0.3 is 0 Å². The minimum atomic E-state index is -0.176. The molecule has 0 aliphatic carbocycles. The van der Waals surface area contributed by atoms with Gasteiger partial charge in [-0.25, -0.2) is 4.39 Å². The van der Waals surface area contributed by atoms with Crippen LogP contribution >= 0.6 is 0 Å². The molecule has 0 bridgehead atoms. The van der Waals surface area contributed by atoms with Gasteiger partial charge in [-0.15, -0.1) is 0 Å². The Labute approximate surface area is 106 Å². The Hall–Kier alpha value is -1.61. The van der Waals surface area contributed by atoms with Crippen LogP contribution in [0, 0.1) is 11.7 Å². The molecular formula is C15H17FN2. The maximum atomic E-state index is 13.6. The average Bonchev–Trinajstić information content (AvgIpc) is 2.70. The lowest BCUT2D eigenvalue weighted by molar-refractivity contribution is 0.330. The van der Waals surface area contributed by atoms with E-state index in [0.717, 1.165) is 24.2 Å². The molecular weight excluding hydrogens is 227 g/mol. The lowest BCUT2D eigenvalue weighted by Gasteiger charge is -2.27. The number of nitrogens with zero attached hydrogens (tertiary/aromatic N) is 1. The molecule has 0 unspecified atom stereocenters. The van der Waals surface area contributed by atoms with Crippen molar-refractivity contribution in [1.29, 1.82) is 0 Å². The van der Waals surface area contributed by atoms with Crippen molar-refractivity contribution in [3.8, 4) is 0 Å². The maximum absolute atomic E-state index is 13.6. The van der Waals surface area contributed by atoms with Crippen molar-refractivity contribution >= 4 is 16.5 Å². The standard InChI is InChI=1S/C15H17FN2/c1-10-6-11(9-18(2)8-10)12-4-3-5-13-14(16)7-17-15(12)13/h3-7,10,17H,8-9H2,1-2H3/t10-/m1/s1. The SMILES string of the molecule is C[C@@H]1C=C(c2cccc3c(F)c[nH]c23)CN(C)C1. The van der Waals surface area contributed by atoms with Crippen molar-refractivity contribution in [1.82, 2.24) is 9.88 Å². The third-order valence-electron chi connectivity index (χ3n) is 3.54. The first-order valence-electron chi connectivity index (χ1n) is 6.30. The van der Waals surface area contributed by atoms with E-state index in [1.54, 1.807) is 0 Å². The molecule has 2 heterocycles. The van der Waals surface area contributed by atoms with Gasteiger partial charge in [0, 0.05) is 30.2 Å². The Balaban J connectivity index is 2.14. The van der Waals surface area contributed by atoms with Gasteiger partial charge in [0.2, 0.25) is 0 Å². The van der Waals surface area contributed by atoms with Crippen molar-refractivity contribution in [2.75, 3.05) is 20.1 Å². The molecule has 0 spiro atoms. The first kappa shape index (κ1) is 11.5. The number of likely N-dealkylation sites (N-methyl/N-ethyl adjacent to an activating group) is 1. The number of hydrogen-bond acceptors (Lipinski definition) is 1. The molecule has 1 aromatic carbocycles. The summed E-state index contributed by atoms with van der Waals surface area (Å²) >= 11 is 0. The molecule has 0 saturated heterocycles. The fourth-order valence-corrected chi connectivity index (χ4v) is 2.86. The summed E-state index contributed by atoms with van der Waals surface area (Å²) in [6, 6.07) is 5.81. The molecule has 1 atom stereocenters. The van der Waals surface area contributed by atoms with Crippen LogP contribution in [-0.4, -0.2) is 30.0 Å². The van der Waals surface area contributed by atoms with Gasteiger partial charge in [0.05, 0.1) is 5.52 Å².